The summed E-state index contributed by atoms with van der Waals surface area (Å²) in [5, 5.41) is 6.78. The van der Waals surface area contributed by atoms with Crippen LogP contribution in [0.1, 0.15) is 22.5 Å². The van der Waals surface area contributed by atoms with Crippen molar-refractivity contribution in [1.82, 2.24) is 15.3 Å². The number of aromatic nitrogens is 2. The molecule has 1 atom stereocenters. The second-order valence-corrected chi connectivity index (χ2v) is 8.05. The minimum absolute atomic E-state index is 0.0963. The Balaban J connectivity index is 1.60. The van der Waals surface area contributed by atoms with Crippen LogP contribution in [-0.2, 0) is 11.2 Å². The van der Waals surface area contributed by atoms with Gasteiger partial charge in [0.25, 0.3) is 5.91 Å². The first-order valence-electron chi connectivity index (χ1n) is 10.5. The Bertz CT molecular complexity index is 1160. The van der Waals surface area contributed by atoms with Crippen LogP contribution < -0.4 is 20.1 Å². The highest BCUT2D eigenvalue weighted by atomic mass is 35.5. The van der Waals surface area contributed by atoms with Crippen LogP contribution in [0.25, 0.3) is 11.3 Å². The number of nitrogens with zero attached hydrogens (tertiary/aromatic N) is 1. The first-order valence-corrected chi connectivity index (χ1v) is 10.8. The van der Waals surface area contributed by atoms with E-state index < -0.39 is 0 Å². The number of hydrogen-bond acceptors (Lipinski definition) is 6. The van der Waals surface area contributed by atoms with E-state index in [-0.39, 0.29) is 12.0 Å². The van der Waals surface area contributed by atoms with Crippen LogP contribution in [0.4, 0.5) is 11.4 Å². The first-order chi connectivity index (χ1) is 15.7. The van der Waals surface area contributed by atoms with Gasteiger partial charge in [-0.1, -0.05) is 17.7 Å². The molecule has 1 saturated heterocycles. The van der Waals surface area contributed by atoms with Crippen molar-refractivity contribution in [2.75, 3.05) is 32.2 Å². The number of nitrogens with one attached hydrogen (secondary N) is 3. The standard InChI is InChI=1S/C23H23ClN4O4/c1-30-22-15(24)3-2-4-17(22)28-21-19-16(6-9-26-23(19)29)27-20(21)14-5-8-25-11-18(14)32-12-13-7-10-31-13/h2-5,8,11,13,27-28H,6-7,9-10,12H2,1H3,(H,26,29). The Kier molecular flexibility index (Phi) is 5.63. The van der Waals surface area contributed by atoms with E-state index in [0.29, 0.717) is 53.0 Å². The molecule has 3 N–H and O–H groups in total. The largest absolute Gasteiger partial charge is 0.493 e. The van der Waals surface area contributed by atoms with E-state index in [1.807, 2.05) is 18.2 Å². The van der Waals surface area contributed by atoms with Crippen LogP contribution in [0.15, 0.2) is 36.7 Å². The number of carbonyl (C=O) groups is 1. The molecule has 1 fully saturated rings. The quantitative estimate of drug-likeness (QED) is 0.500. The molecule has 1 amide bonds. The van der Waals surface area contributed by atoms with Crippen LogP contribution in [0.3, 0.4) is 0 Å². The molecular formula is C23H23ClN4O4. The van der Waals surface area contributed by atoms with Crippen LogP contribution in [-0.4, -0.2) is 48.8 Å². The van der Waals surface area contributed by atoms with Crippen LogP contribution >= 0.6 is 11.6 Å². The fourth-order valence-corrected chi connectivity index (χ4v) is 4.21. The molecule has 9 heteroatoms. The van der Waals surface area contributed by atoms with Gasteiger partial charge in [-0.15, -0.1) is 0 Å². The van der Waals surface area contributed by atoms with Gasteiger partial charge in [0.2, 0.25) is 0 Å². The van der Waals surface area contributed by atoms with E-state index in [0.717, 1.165) is 30.0 Å². The molecule has 2 aliphatic heterocycles. The third-order valence-electron chi connectivity index (χ3n) is 5.67. The average Bonchev–Trinajstić information content (AvgIpc) is 3.12. The molecule has 1 unspecified atom stereocenters. The summed E-state index contributed by atoms with van der Waals surface area (Å²) in [6.07, 6.45) is 5.15. The Hall–Kier alpha value is -3.23. The molecule has 0 aliphatic carbocycles. The second-order valence-electron chi connectivity index (χ2n) is 7.64. The van der Waals surface area contributed by atoms with Gasteiger partial charge in [0.1, 0.15) is 12.4 Å². The maximum absolute atomic E-state index is 12.8. The summed E-state index contributed by atoms with van der Waals surface area (Å²) < 4.78 is 17.0. The highest BCUT2D eigenvalue weighted by molar-refractivity contribution is 6.32. The average molecular weight is 455 g/mol. The number of halogens is 1. The van der Waals surface area contributed by atoms with Gasteiger partial charge in [-0.05, 0) is 18.2 Å². The van der Waals surface area contributed by atoms with E-state index in [4.69, 9.17) is 25.8 Å². The summed E-state index contributed by atoms with van der Waals surface area (Å²) in [5.74, 6) is 0.972. The number of para-hydroxylation sites is 1. The number of anilines is 2. The van der Waals surface area contributed by atoms with Gasteiger partial charge in [0.15, 0.2) is 5.75 Å². The Morgan fingerprint density at radius 2 is 2.22 bits per heavy atom. The number of hydrogen-bond donors (Lipinski definition) is 3. The highest BCUT2D eigenvalue weighted by Gasteiger charge is 2.29. The molecule has 2 aromatic heterocycles. The summed E-state index contributed by atoms with van der Waals surface area (Å²) in [7, 11) is 1.56. The second kappa shape index (κ2) is 8.72. The van der Waals surface area contributed by atoms with Gasteiger partial charge >= 0.3 is 0 Å². The molecule has 0 radical (unpaired) electrons. The zero-order valence-corrected chi connectivity index (χ0v) is 18.3. The zero-order chi connectivity index (χ0) is 22.1. The number of fused-ring (bicyclic) bond motifs is 1. The van der Waals surface area contributed by atoms with Gasteiger partial charge in [0, 0.05) is 43.4 Å². The highest BCUT2D eigenvalue weighted by Crippen LogP contribution is 2.42. The number of pyridine rings is 1. The maximum atomic E-state index is 12.8. The number of H-pyrrole nitrogens is 1. The molecule has 2 aliphatic rings. The number of carbonyl (C=O) groups excluding carboxylic acids is 1. The molecule has 32 heavy (non-hydrogen) atoms. The van der Waals surface area contributed by atoms with E-state index in [2.05, 4.69) is 20.6 Å². The summed E-state index contributed by atoms with van der Waals surface area (Å²) in [6, 6.07) is 7.30. The third kappa shape index (κ3) is 3.76. The number of aromatic amines is 1. The Morgan fingerprint density at radius 3 is 3.00 bits per heavy atom. The molecule has 5 rings (SSSR count). The predicted molar refractivity (Wildman–Crippen MR) is 121 cm³/mol. The van der Waals surface area contributed by atoms with Crippen molar-refractivity contribution in [2.24, 2.45) is 0 Å². The summed E-state index contributed by atoms with van der Waals surface area (Å²) in [4.78, 5) is 20.5. The molecule has 0 spiro atoms. The minimum atomic E-state index is -0.142. The van der Waals surface area contributed by atoms with Crippen LogP contribution in [0, 0.1) is 0 Å². The third-order valence-corrected chi connectivity index (χ3v) is 5.97. The molecule has 1 aromatic carbocycles. The summed E-state index contributed by atoms with van der Waals surface area (Å²) in [5.41, 5.74) is 4.25. The molecule has 3 aromatic rings. The zero-order valence-electron chi connectivity index (χ0n) is 17.5. The van der Waals surface area contributed by atoms with E-state index in [9.17, 15) is 4.79 Å². The first kappa shape index (κ1) is 20.7. The molecule has 0 saturated carbocycles. The van der Waals surface area contributed by atoms with E-state index in [1.165, 1.54) is 0 Å². The van der Waals surface area contributed by atoms with Crippen molar-refractivity contribution in [3.63, 3.8) is 0 Å². The van der Waals surface area contributed by atoms with Crippen molar-refractivity contribution in [1.29, 1.82) is 0 Å². The fraction of sp³-hybridized carbons (Fsp3) is 0.304. The van der Waals surface area contributed by atoms with Crippen molar-refractivity contribution in [3.05, 3.63) is 52.9 Å². The van der Waals surface area contributed by atoms with Crippen molar-refractivity contribution < 1.29 is 19.0 Å². The number of methoxy groups -OCH3 is 1. The molecule has 4 heterocycles. The molecule has 0 bridgehead atoms. The predicted octanol–water partition coefficient (Wildman–Crippen LogP) is 3.94. The lowest BCUT2D eigenvalue weighted by atomic mass is 10.0. The number of rotatable bonds is 7. The summed E-state index contributed by atoms with van der Waals surface area (Å²) >= 11 is 6.32. The van der Waals surface area contributed by atoms with Crippen LogP contribution in [0.5, 0.6) is 11.5 Å². The summed E-state index contributed by atoms with van der Waals surface area (Å²) in [6.45, 7) is 1.79. The van der Waals surface area contributed by atoms with Gasteiger partial charge in [-0.2, -0.15) is 0 Å². The monoisotopic (exact) mass is 454 g/mol. The molecule has 8 nitrogen and oxygen atoms in total. The van der Waals surface area contributed by atoms with Gasteiger partial charge in [-0.3, -0.25) is 9.78 Å². The Morgan fingerprint density at radius 1 is 1.34 bits per heavy atom. The number of ether oxygens (including phenoxy) is 3. The minimum Gasteiger partial charge on any atom is -0.493 e. The lowest BCUT2D eigenvalue weighted by molar-refractivity contribution is -0.0720. The molecular weight excluding hydrogens is 432 g/mol. The van der Waals surface area contributed by atoms with Gasteiger partial charge in [0.05, 0.1) is 47.1 Å². The smallest absolute Gasteiger partial charge is 0.255 e. The Labute approximate surface area is 190 Å². The van der Waals surface area contributed by atoms with Crippen molar-refractivity contribution in [3.8, 4) is 22.8 Å². The maximum Gasteiger partial charge on any atom is 0.255 e. The van der Waals surface area contributed by atoms with Crippen molar-refractivity contribution >= 4 is 28.9 Å². The van der Waals surface area contributed by atoms with E-state index in [1.54, 1.807) is 25.6 Å². The van der Waals surface area contributed by atoms with Gasteiger partial charge < -0.3 is 29.8 Å². The lowest BCUT2D eigenvalue weighted by Gasteiger charge is -2.26. The number of benzene rings is 1. The van der Waals surface area contributed by atoms with Gasteiger partial charge in [-0.25, -0.2) is 0 Å². The normalized spacial score (nSPS) is 17.2. The topological polar surface area (TPSA) is 97.5 Å². The van der Waals surface area contributed by atoms with E-state index >= 15 is 0 Å². The fourth-order valence-electron chi connectivity index (χ4n) is 3.96. The number of amides is 1. The lowest BCUT2D eigenvalue weighted by Crippen LogP contribution is -2.32. The van der Waals surface area contributed by atoms with Crippen molar-refractivity contribution in [2.45, 2.75) is 18.9 Å². The van der Waals surface area contributed by atoms with Crippen LogP contribution in [0.2, 0.25) is 5.02 Å². The molecule has 166 valence electrons. The SMILES string of the molecule is COc1c(Cl)cccc1Nc1c(-c2ccncc2OCC2CCO2)[nH]c2c1C(=O)NCC2.